The first-order chi connectivity index (χ1) is 8.51. The summed E-state index contributed by atoms with van der Waals surface area (Å²) in [6, 6.07) is -0.0951. The third-order valence-electron chi connectivity index (χ3n) is 3.19. The number of carbonyl (C=O) groups is 1. The maximum atomic E-state index is 11.8. The van der Waals surface area contributed by atoms with Gasteiger partial charge in [-0.1, -0.05) is 12.1 Å². The molecule has 3 N–H and O–H groups in total. The van der Waals surface area contributed by atoms with Gasteiger partial charge in [0.1, 0.15) is 0 Å². The van der Waals surface area contributed by atoms with E-state index in [9.17, 15) is 4.79 Å². The van der Waals surface area contributed by atoms with Crippen LogP contribution >= 0.6 is 0 Å². The highest BCUT2D eigenvalue weighted by Gasteiger charge is 2.35. The van der Waals surface area contributed by atoms with Crippen molar-refractivity contribution in [1.82, 2.24) is 20.8 Å². The van der Waals surface area contributed by atoms with Gasteiger partial charge in [-0.05, 0) is 26.8 Å². The number of amides is 2. The Morgan fingerprint density at radius 2 is 2.39 bits per heavy atom. The third-order valence-corrected chi connectivity index (χ3v) is 3.19. The number of hydrogen-bond acceptors (Lipinski definition) is 5. The first-order valence-electron chi connectivity index (χ1n) is 6.16. The maximum absolute atomic E-state index is 11.8. The van der Waals surface area contributed by atoms with Crippen molar-refractivity contribution in [3.63, 3.8) is 0 Å². The highest BCUT2D eigenvalue weighted by Crippen LogP contribution is 2.18. The second-order valence-corrected chi connectivity index (χ2v) is 4.96. The lowest BCUT2D eigenvalue weighted by Gasteiger charge is -2.27. The van der Waals surface area contributed by atoms with Crippen LogP contribution in [-0.4, -0.2) is 34.3 Å². The van der Waals surface area contributed by atoms with Crippen molar-refractivity contribution >= 4 is 12.0 Å². The standard InChI is InChI=1S/C11H19N5O2/c1-4-8-14-10(18-16-8)15-9(17)13-7-5-6-12-11(7,2)3/h7,12H,4-6H2,1-3H3,(H2,13,14,15,16,17). The minimum atomic E-state index is -0.317. The van der Waals surface area contributed by atoms with Crippen LogP contribution in [0.1, 0.15) is 33.0 Å². The average Bonchev–Trinajstić information content (AvgIpc) is 2.86. The lowest BCUT2D eigenvalue weighted by Crippen LogP contribution is -2.51. The molecule has 1 atom stereocenters. The normalized spacial score (nSPS) is 21.8. The number of aryl methyl sites for hydroxylation is 1. The summed E-state index contributed by atoms with van der Waals surface area (Å²) in [5, 5.41) is 12.5. The van der Waals surface area contributed by atoms with Crippen LogP contribution < -0.4 is 16.0 Å². The topological polar surface area (TPSA) is 92.1 Å². The molecule has 2 rings (SSSR count). The molecule has 2 heterocycles. The summed E-state index contributed by atoms with van der Waals surface area (Å²) >= 11 is 0. The number of aromatic nitrogens is 2. The SMILES string of the molecule is CCc1noc(NC(=O)NC2CCNC2(C)C)n1. The highest BCUT2D eigenvalue weighted by molar-refractivity contribution is 5.87. The van der Waals surface area contributed by atoms with Gasteiger partial charge in [0.05, 0.1) is 0 Å². The number of carbonyl (C=O) groups excluding carboxylic acids is 1. The maximum Gasteiger partial charge on any atom is 0.329 e. The molecule has 18 heavy (non-hydrogen) atoms. The molecule has 1 aromatic rings. The summed E-state index contributed by atoms with van der Waals surface area (Å²) in [7, 11) is 0. The molecular weight excluding hydrogens is 234 g/mol. The van der Waals surface area contributed by atoms with Crippen LogP contribution in [0.2, 0.25) is 0 Å². The van der Waals surface area contributed by atoms with Crippen LogP contribution in [0, 0.1) is 0 Å². The molecule has 1 aliphatic heterocycles. The van der Waals surface area contributed by atoms with Crippen LogP contribution in [0.15, 0.2) is 4.52 Å². The first kappa shape index (κ1) is 12.8. The predicted octanol–water partition coefficient (Wildman–Crippen LogP) is 0.894. The van der Waals surface area contributed by atoms with Crippen LogP contribution in [0.5, 0.6) is 0 Å². The quantitative estimate of drug-likeness (QED) is 0.744. The summed E-state index contributed by atoms with van der Waals surface area (Å²) in [6.07, 6.45) is 1.58. The van der Waals surface area contributed by atoms with Crippen molar-refractivity contribution in [3.05, 3.63) is 5.82 Å². The van der Waals surface area contributed by atoms with E-state index in [1.54, 1.807) is 0 Å². The Bertz CT molecular complexity index is 429. The number of urea groups is 1. The van der Waals surface area contributed by atoms with Crippen molar-refractivity contribution < 1.29 is 9.32 Å². The molecule has 0 aromatic carbocycles. The number of rotatable bonds is 3. The molecule has 0 saturated carbocycles. The van der Waals surface area contributed by atoms with Gasteiger partial charge in [-0.25, -0.2) is 4.79 Å². The minimum Gasteiger partial charge on any atom is -0.333 e. The van der Waals surface area contributed by atoms with Gasteiger partial charge in [-0.3, -0.25) is 5.32 Å². The molecule has 1 aromatic heterocycles. The van der Waals surface area contributed by atoms with Crippen LogP contribution in [0.3, 0.4) is 0 Å². The molecule has 100 valence electrons. The smallest absolute Gasteiger partial charge is 0.329 e. The fourth-order valence-corrected chi connectivity index (χ4v) is 2.02. The molecule has 2 amide bonds. The Hall–Kier alpha value is -1.63. The van der Waals surface area contributed by atoms with Crippen molar-refractivity contribution in [1.29, 1.82) is 0 Å². The zero-order valence-electron chi connectivity index (χ0n) is 10.9. The van der Waals surface area contributed by atoms with Gasteiger partial charge in [0.2, 0.25) is 0 Å². The highest BCUT2D eigenvalue weighted by atomic mass is 16.5. The van der Waals surface area contributed by atoms with Gasteiger partial charge in [0.15, 0.2) is 5.82 Å². The zero-order chi connectivity index (χ0) is 13.2. The second kappa shape index (κ2) is 4.93. The van der Waals surface area contributed by atoms with Crippen molar-refractivity contribution in [3.8, 4) is 0 Å². The van der Waals surface area contributed by atoms with Crippen molar-refractivity contribution in [2.45, 2.75) is 45.2 Å². The van der Waals surface area contributed by atoms with Crippen LogP contribution in [0.25, 0.3) is 0 Å². The Labute approximate surface area is 106 Å². The summed E-state index contributed by atoms with van der Waals surface area (Å²) in [5.74, 6) is 0.577. The monoisotopic (exact) mass is 253 g/mol. The lowest BCUT2D eigenvalue weighted by atomic mass is 9.97. The van der Waals surface area contributed by atoms with Crippen LogP contribution in [-0.2, 0) is 6.42 Å². The summed E-state index contributed by atoms with van der Waals surface area (Å²) in [6.45, 7) is 6.94. The van der Waals surface area contributed by atoms with Crippen molar-refractivity contribution in [2.75, 3.05) is 11.9 Å². The van der Waals surface area contributed by atoms with Gasteiger partial charge in [0, 0.05) is 18.0 Å². The molecule has 0 spiro atoms. The second-order valence-electron chi connectivity index (χ2n) is 4.96. The van der Waals surface area contributed by atoms with E-state index in [1.165, 1.54) is 0 Å². The molecule has 1 unspecified atom stereocenters. The zero-order valence-corrected chi connectivity index (χ0v) is 10.9. The van der Waals surface area contributed by atoms with Gasteiger partial charge in [-0.15, -0.1) is 0 Å². The van der Waals surface area contributed by atoms with Crippen LogP contribution in [0.4, 0.5) is 10.8 Å². The average molecular weight is 253 g/mol. The number of nitrogens with zero attached hydrogens (tertiary/aromatic N) is 2. The lowest BCUT2D eigenvalue weighted by molar-refractivity contribution is 0.241. The Kier molecular flexibility index (Phi) is 3.51. The van der Waals surface area contributed by atoms with E-state index in [2.05, 4.69) is 39.9 Å². The molecule has 0 radical (unpaired) electrons. The van der Waals surface area contributed by atoms with E-state index in [0.29, 0.717) is 12.2 Å². The molecule has 7 nitrogen and oxygen atoms in total. The molecule has 1 fully saturated rings. The van der Waals surface area contributed by atoms with E-state index >= 15 is 0 Å². The van der Waals surface area contributed by atoms with Gasteiger partial charge < -0.3 is 15.2 Å². The largest absolute Gasteiger partial charge is 0.333 e. The summed E-state index contributed by atoms with van der Waals surface area (Å²) in [4.78, 5) is 15.8. The number of hydrogen-bond donors (Lipinski definition) is 3. The number of anilines is 1. The molecule has 0 aliphatic carbocycles. The number of nitrogens with one attached hydrogen (secondary N) is 3. The first-order valence-corrected chi connectivity index (χ1v) is 6.16. The fourth-order valence-electron chi connectivity index (χ4n) is 2.02. The molecular formula is C11H19N5O2. The Morgan fingerprint density at radius 3 is 2.94 bits per heavy atom. The van der Waals surface area contributed by atoms with E-state index in [4.69, 9.17) is 4.52 Å². The Balaban J connectivity index is 1.89. The van der Waals surface area contributed by atoms with Crippen molar-refractivity contribution in [2.24, 2.45) is 0 Å². The fraction of sp³-hybridized carbons (Fsp3) is 0.727. The van der Waals surface area contributed by atoms with E-state index in [0.717, 1.165) is 13.0 Å². The van der Waals surface area contributed by atoms with E-state index in [1.807, 2.05) is 6.92 Å². The Morgan fingerprint density at radius 1 is 1.61 bits per heavy atom. The van der Waals surface area contributed by atoms with Gasteiger partial charge in [0.25, 0.3) is 0 Å². The predicted molar refractivity (Wildman–Crippen MR) is 66.3 cm³/mol. The van der Waals surface area contributed by atoms with Gasteiger partial charge in [-0.2, -0.15) is 4.98 Å². The third kappa shape index (κ3) is 2.79. The molecule has 0 bridgehead atoms. The minimum absolute atomic E-state index is 0.0890. The van der Waals surface area contributed by atoms with E-state index < -0.39 is 0 Å². The molecule has 1 aliphatic rings. The van der Waals surface area contributed by atoms with Gasteiger partial charge >= 0.3 is 12.0 Å². The molecule has 7 heteroatoms. The van der Waals surface area contributed by atoms with E-state index in [-0.39, 0.29) is 23.6 Å². The molecule has 1 saturated heterocycles. The summed E-state index contributed by atoms with van der Waals surface area (Å²) < 4.78 is 4.89. The summed E-state index contributed by atoms with van der Waals surface area (Å²) in [5.41, 5.74) is -0.0965.